The Morgan fingerprint density at radius 2 is 1.60 bits per heavy atom. The lowest BCUT2D eigenvalue weighted by molar-refractivity contribution is 0.0165. The predicted molar refractivity (Wildman–Crippen MR) is 99.5 cm³/mol. The number of alkyl carbamates (subject to hydrolysis) is 1. The third-order valence-corrected chi connectivity index (χ3v) is 3.23. The third-order valence-electron chi connectivity index (χ3n) is 3.23. The van der Waals surface area contributed by atoms with Gasteiger partial charge in [-0.3, -0.25) is 0 Å². The summed E-state index contributed by atoms with van der Waals surface area (Å²) in [7, 11) is 0. The summed E-state index contributed by atoms with van der Waals surface area (Å²) < 4.78 is 10.7. The van der Waals surface area contributed by atoms with Gasteiger partial charge in [0.05, 0.1) is 0 Å². The van der Waals surface area contributed by atoms with E-state index < -0.39 is 17.3 Å². The molecule has 0 aliphatic carbocycles. The Hall–Kier alpha value is -1.50. The van der Waals surface area contributed by atoms with Gasteiger partial charge in [-0.25, -0.2) is 9.59 Å². The standard InChI is InChI=1S/C18H37N3O4/c1-14(10-8-11-19)21(16(23)25-18(5,6)7)13-9-12-20-15(22)24-17(2,3)4/h14H,8-13,19H2,1-7H3,(H,20,22). The number of hydrogen-bond donors (Lipinski definition) is 2. The molecule has 0 aromatic rings. The summed E-state index contributed by atoms with van der Waals surface area (Å²) >= 11 is 0. The molecular weight excluding hydrogens is 322 g/mol. The van der Waals surface area contributed by atoms with Gasteiger partial charge in [0.2, 0.25) is 0 Å². The topological polar surface area (TPSA) is 93.9 Å². The fourth-order valence-electron chi connectivity index (χ4n) is 2.14. The Balaban J connectivity index is 4.53. The van der Waals surface area contributed by atoms with Crippen LogP contribution in [-0.4, -0.2) is 54.0 Å². The maximum Gasteiger partial charge on any atom is 0.410 e. The lowest BCUT2D eigenvalue weighted by atomic mass is 10.1. The Morgan fingerprint density at radius 3 is 2.08 bits per heavy atom. The van der Waals surface area contributed by atoms with Crippen molar-refractivity contribution in [2.75, 3.05) is 19.6 Å². The highest BCUT2D eigenvalue weighted by Crippen LogP contribution is 2.15. The number of nitrogens with one attached hydrogen (secondary N) is 1. The Labute approximate surface area is 152 Å². The predicted octanol–water partition coefficient (Wildman–Crippen LogP) is 3.27. The molecular formula is C18H37N3O4. The Kier molecular flexibility index (Phi) is 9.85. The molecule has 0 aromatic heterocycles. The SMILES string of the molecule is CC(CCCN)N(CCCNC(=O)OC(C)(C)C)C(=O)OC(C)(C)C. The van der Waals surface area contributed by atoms with Crippen LogP contribution in [-0.2, 0) is 9.47 Å². The van der Waals surface area contributed by atoms with E-state index in [0.29, 0.717) is 26.1 Å². The summed E-state index contributed by atoms with van der Waals surface area (Å²) in [6, 6.07) is 0.0277. The van der Waals surface area contributed by atoms with Crippen molar-refractivity contribution in [3.05, 3.63) is 0 Å². The van der Waals surface area contributed by atoms with E-state index in [2.05, 4.69) is 5.32 Å². The monoisotopic (exact) mass is 359 g/mol. The molecule has 0 aromatic carbocycles. The largest absolute Gasteiger partial charge is 0.444 e. The number of ether oxygens (including phenoxy) is 2. The minimum absolute atomic E-state index is 0.0277. The lowest BCUT2D eigenvalue weighted by Gasteiger charge is -2.32. The molecule has 1 atom stereocenters. The van der Waals surface area contributed by atoms with E-state index in [1.807, 2.05) is 48.5 Å². The minimum atomic E-state index is -0.544. The second kappa shape index (κ2) is 10.5. The van der Waals surface area contributed by atoms with E-state index in [-0.39, 0.29) is 12.1 Å². The maximum atomic E-state index is 12.4. The van der Waals surface area contributed by atoms with Crippen molar-refractivity contribution in [1.82, 2.24) is 10.2 Å². The normalized spacial score (nSPS) is 13.1. The van der Waals surface area contributed by atoms with Gasteiger partial charge >= 0.3 is 12.2 Å². The first-order valence-electron chi connectivity index (χ1n) is 9.02. The van der Waals surface area contributed by atoms with E-state index in [0.717, 1.165) is 12.8 Å². The van der Waals surface area contributed by atoms with Crippen molar-refractivity contribution in [3.63, 3.8) is 0 Å². The smallest absolute Gasteiger partial charge is 0.410 e. The molecule has 0 saturated carbocycles. The van der Waals surface area contributed by atoms with Crippen LogP contribution in [0.25, 0.3) is 0 Å². The molecule has 0 rings (SSSR count). The summed E-state index contributed by atoms with van der Waals surface area (Å²) in [6.07, 6.45) is 1.49. The van der Waals surface area contributed by atoms with Crippen LogP contribution >= 0.6 is 0 Å². The van der Waals surface area contributed by atoms with Crippen molar-refractivity contribution >= 4 is 12.2 Å². The molecule has 2 amide bonds. The molecule has 0 aliphatic heterocycles. The summed E-state index contributed by atoms with van der Waals surface area (Å²) in [5.41, 5.74) is 4.50. The van der Waals surface area contributed by atoms with Crippen molar-refractivity contribution in [2.24, 2.45) is 5.73 Å². The van der Waals surface area contributed by atoms with Gasteiger partial charge in [-0.05, 0) is 74.3 Å². The average molecular weight is 360 g/mol. The van der Waals surface area contributed by atoms with Crippen LogP contribution in [0.4, 0.5) is 9.59 Å². The molecule has 1 unspecified atom stereocenters. The van der Waals surface area contributed by atoms with Gasteiger partial charge < -0.3 is 25.4 Å². The summed E-state index contributed by atoms with van der Waals surface area (Å²) in [6.45, 7) is 14.5. The number of amides is 2. The number of carbonyl (C=O) groups excluding carboxylic acids is 2. The molecule has 0 spiro atoms. The van der Waals surface area contributed by atoms with Gasteiger partial charge in [0.15, 0.2) is 0 Å². The van der Waals surface area contributed by atoms with Crippen LogP contribution in [0.2, 0.25) is 0 Å². The van der Waals surface area contributed by atoms with Crippen molar-refractivity contribution in [1.29, 1.82) is 0 Å². The number of nitrogens with two attached hydrogens (primary N) is 1. The van der Waals surface area contributed by atoms with Crippen LogP contribution in [0.1, 0.15) is 67.7 Å². The Bertz CT molecular complexity index is 414. The minimum Gasteiger partial charge on any atom is -0.444 e. The fourth-order valence-corrected chi connectivity index (χ4v) is 2.14. The van der Waals surface area contributed by atoms with E-state index in [1.54, 1.807) is 4.90 Å². The van der Waals surface area contributed by atoms with Crippen LogP contribution in [0.5, 0.6) is 0 Å². The summed E-state index contributed by atoms with van der Waals surface area (Å²) in [4.78, 5) is 25.8. The van der Waals surface area contributed by atoms with Crippen LogP contribution in [0, 0.1) is 0 Å². The second-order valence-electron chi connectivity index (χ2n) is 8.24. The van der Waals surface area contributed by atoms with Crippen LogP contribution in [0.3, 0.4) is 0 Å². The van der Waals surface area contributed by atoms with E-state index in [4.69, 9.17) is 15.2 Å². The second-order valence-corrected chi connectivity index (χ2v) is 8.24. The lowest BCUT2D eigenvalue weighted by Crippen LogP contribution is -2.43. The highest BCUT2D eigenvalue weighted by molar-refractivity contribution is 5.68. The van der Waals surface area contributed by atoms with Gasteiger partial charge in [-0.1, -0.05) is 0 Å². The highest BCUT2D eigenvalue weighted by Gasteiger charge is 2.25. The average Bonchev–Trinajstić information content (AvgIpc) is 2.40. The van der Waals surface area contributed by atoms with Crippen LogP contribution in [0.15, 0.2) is 0 Å². The molecule has 0 heterocycles. The van der Waals surface area contributed by atoms with Gasteiger partial charge in [-0.2, -0.15) is 0 Å². The molecule has 0 fully saturated rings. The molecule has 7 nitrogen and oxygen atoms in total. The molecule has 3 N–H and O–H groups in total. The first-order valence-corrected chi connectivity index (χ1v) is 9.02. The van der Waals surface area contributed by atoms with Crippen molar-refractivity contribution in [3.8, 4) is 0 Å². The van der Waals surface area contributed by atoms with Crippen LogP contribution < -0.4 is 11.1 Å². The third kappa shape index (κ3) is 12.5. The van der Waals surface area contributed by atoms with E-state index in [9.17, 15) is 9.59 Å². The quantitative estimate of drug-likeness (QED) is 0.649. The number of nitrogens with zero attached hydrogens (tertiary/aromatic N) is 1. The van der Waals surface area contributed by atoms with Gasteiger partial charge in [-0.15, -0.1) is 0 Å². The zero-order valence-corrected chi connectivity index (χ0v) is 17.0. The van der Waals surface area contributed by atoms with Gasteiger partial charge in [0.25, 0.3) is 0 Å². The van der Waals surface area contributed by atoms with Crippen molar-refractivity contribution in [2.45, 2.75) is 85.0 Å². The molecule has 0 aliphatic rings. The van der Waals surface area contributed by atoms with E-state index >= 15 is 0 Å². The van der Waals surface area contributed by atoms with E-state index in [1.165, 1.54) is 0 Å². The molecule has 0 radical (unpaired) electrons. The number of carbonyl (C=O) groups is 2. The molecule has 148 valence electrons. The maximum absolute atomic E-state index is 12.4. The van der Waals surface area contributed by atoms with Gasteiger partial charge in [0.1, 0.15) is 11.2 Å². The number of rotatable bonds is 8. The van der Waals surface area contributed by atoms with Gasteiger partial charge in [0, 0.05) is 19.1 Å². The fraction of sp³-hybridized carbons (Fsp3) is 0.889. The molecule has 0 bridgehead atoms. The molecule has 7 heteroatoms. The summed E-state index contributed by atoms with van der Waals surface area (Å²) in [5.74, 6) is 0. The summed E-state index contributed by atoms with van der Waals surface area (Å²) in [5, 5.41) is 2.70. The Morgan fingerprint density at radius 1 is 1.04 bits per heavy atom. The first kappa shape index (κ1) is 23.5. The molecule has 25 heavy (non-hydrogen) atoms. The zero-order chi connectivity index (χ0) is 19.7. The van der Waals surface area contributed by atoms with Crippen molar-refractivity contribution < 1.29 is 19.1 Å². The highest BCUT2D eigenvalue weighted by atomic mass is 16.6. The first-order chi connectivity index (χ1) is 11.4. The number of hydrogen-bond acceptors (Lipinski definition) is 5. The zero-order valence-electron chi connectivity index (χ0n) is 17.0. The molecule has 0 saturated heterocycles.